The average molecular weight is 352 g/mol. The van der Waals surface area contributed by atoms with Gasteiger partial charge in [-0.15, -0.1) is 0 Å². The fourth-order valence-corrected chi connectivity index (χ4v) is 3.02. The molecular weight excluding hydrogens is 333 g/mol. The summed E-state index contributed by atoms with van der Waals surface area (Å²) in [4.78, 5) is 15.7. The normalized spacial score (nSPS) is 15.9. The van der Waals surface area contributed by atoms with Crippen LogP contribution in [-0.2, 0) is 17.5 Å². The fourth-order valence-electron chi connectivity index (χ4n) is 3.02. The summed E-state index contributed by atoms with van der Waals surface area (Å²) in [6.45, 7) is -0.480. The number of fused-ring (bicyclic) bond motifs is 1. The molecule has 0 bridgehead atoms. The lowest BCUT2D eigenvalue weighted by Crippen LogP contribution is -2.27. The fraction of sp³-hybridized carbons (Fsp3) is 0.471. The molecule has 1 aromatic heterocycles. The SMILES string of the molecule is O=C(Cn1c(C(F)(F)F)nc2ccccc21)NN=C1CCCCCC1. The molecule has 1 saturated carbocycles. The van der Waals surface area contributed by atoms with E-state index in [4.69, 9.17) is 0 Å². The zero-order valence-corrected chi connectivity index (χ0v) is 13.6. The van der Waals surface area contributed by atoms with Gasteiger partial charge >= 0.3 is 6.18 Å². The zero-order valence-electron chi connectivity index (χ0n) is 13.6. The van der Waals surface area contributed by atoms with Gasteiger partial charge in [0.2, 0.25) is 5.82 Å². The van der Waals surface area contributed by atoms with Crippen molar-refractivity contribution in [2.75, 3.05) is 0 Å². The highest BCUT2D eigenvalue weighted by Gasteiger charge is 2.37. The van der Waals surface area contributed by atoms with Gasteiger partial charge < -0.3 is 4.57 Å². The number of halogens is 3. The van der Waals surface area contributed by atoms with Crippen molar-refractivity contribution in [3.8, 4) is 0 Å². The lowest BCUT2D eigenvalue weighted by molar-refractivity contribution is -0.147. The summed E-state index contributed by atoms with van der Waals surface area (Å²) < 4.78 is 40.5. The number of nitrogens with one attached hydrogen (secondary N) is 1. The summed E-state index contributed by atoms with van der Waals surface area (Å²) in [7, 11) is 0. The van der Waals surface area contributed by atoms with Crippen LogP contribution >= 0.6 is 0 Å². The number of benzene rings is 1. The van der Waals surface area contributed by atoms with E-state index in [0.717, 1.165) is 48.8 Å². The van der Waals surface area contributed by atoms with Crippen LogP contribution < -0.4 is 5.43 Å². The molecule has 1 N–H and O–H groups in total. The van der Waals surface area contributed by atoms with Crippen LogP contribution in [-0.4, -0.2) is 21.2 Å². The number of carbonyl (C=O) groups excluding carboxylic acids is 1. The molecule has 0 saturated heterocycles. The minimum absolute atomic E-state index is 0.206. The van der Waals surface area contributed by atoms with Crippen molar-refractivity contribution >= 4 is 22.7 Å². The maximum atomic E-state index is 13.2. The molecule has 1 fully saturated rings. The van der Waals surface area contributed by atoms with Gasteiger partial charge in [-0.25, -0.2) is 10.4 Å². The van der Waals surface area contributed by atoms with E-state index >= 15 is 0 Å². The first-order valence-electron chi connectivity index (χ1n) is 8.32. The maximum absolute atomic E-state index is 13.2. The summed E-state index contributed by atoms with van der Waals surface area (Å²) in [5.41, 5.74) is 3.77. The molecule has 0 radical (unpaired) electrons. The van der Waals surface area contributed by atoms with Crippen LogP contribution in [0.2, 0.25) is 0 Å². The summed E-state index contributed by atoms with van der Waals surface area (Å²) >= 11 is 0. The number of imidazole rings is 1. The summed E-state index contributed by atoms with van der Waals surface area (Å²) in [5.74, 6) is -1.67. The number of hydrogen-bond donors (Lipinski definition) is 1. The second-order valence-corrected chi connectivity index (χ2v) is 6.14. The van der Waals surface area contributed by atoms with E-state index in [9.17, 15) is 18.0 Å². The van der Waals surface area contributed by atoms with Crippen LogP contribution in [0.25, 0.3) is 11.0 Å². The van der Waals surface area contributed by atoms with E-state index in [1.54, 1.807) is 12.1 Å². The first kappa shape index (κ1) is 17.4. The first-order chi connectivity index (χ1) is 11.9. The molecule has 1 aliphatic carbocycles. The Hall–Kier alpha value is -2.38. The van der Waals surface area contributed by atoms with Gasteiger partial charge in [-0.3, -0.25) is 4.79 Å². The van der Waals surface area contributed by atoms with Crippen molar-refractivity contribution in [1.29, 1.82) is 0 Å². The Balaban J connectivity index is 1.79. The highest BCUT2D eigenvalue weighted by Crippen LogP contribution is 2.31. The number of amides is 1. The molecule has 2 aromatic rings. The van der Waals surface area contributed by atoms with Crippen LogP contribution in [0.15, 0.2) is 29.4 Å². The van der Waals surface area contributed by atoms with Crippen LogP contribution in [0.3, 0.4) is 0 Å². The van der Waals surface area contributed by atoms with Crippen molar-refractivity contribution < 1.29 is 18.0 Å². The molecule has 3 rings (SSSR count). The molecular formula is C17H19F3N4O. The molecule has 5 nitrogen and oxygen atoms in total. The van der Waals surface area contributed by atoms with E-state index in [2.05, 4.69) is 15.5 Å². The molecule has 25 heavy (non-hydrogen) atoms. The number of hydrazone groups is 1. The molecule has 134 valence electrons. The number of para-hydroxylation sites is 2. The third-order valence-corrected chi connectivity index (χ3v) is 4.23. The largest absolute Gasteiger partial charge is 0.449 e. The van der Waals surface area contributed by atoms with Crippen LogP contribution in [0.4, 0.5) is 13.2 Å². The van der Waals surface area contributed by atoms with Crippen molar-refractivity contribution in [3.05, 3.63) is 30.1 Å². The number of nitrogens with zero attached hydrogens (tertiary/aromatic N) is 3. The van der Waals surface area contributed by atoms with Crippen LogP contribution in [0.5, 0.6) is 0 Å². The van der Waals surface area contributed by atoms with Gasteiger partial charge in [-0.2, -0.15) is 18.3 Å². The monoisotopic (exact) mass is 352 g/mol. The summed E-state index contributed by atoms with van der Waals surface area (Å²) in [6.07, 6.45) is 1.35. The van der Waals surface area contributed by atoms with Crippen LogP contribution in [0, 0.1) is 0 Å². The molecule has 1 aliphatic rings. The number of aromatic nitrogens is 2. The second-order valence-electron chi connectivity index (χ2n) is 6.14. The number of hydrogen-bond acceptors (Lipinski definition) is 3. The predicted octanol–water partition coefficient (Wildman–Crippen LogP) is 3.88. The quantitative estimate of drug-likeness (QED) is 0.673. The lowest BCUT2D eigenvalue weighted by atomic mass is 10.2. The Morgan fingerprint density at radius 3 is 2.52 bits per heavy atom. The van der Waals surface area contributed by atoms with Crippen molar-refractivity contribution in [2.24, 2.45) is 5.10 Å². The molecule has 0 atom stereocenters. The van der Waals surface area contributed by atoms with Gasteiger partial charge in [0, 0.05) is 5.71 Å². The standard InChI is InChI=1S/C17H19F3N4O/c18-17(19,20)16-21-13-9-5-6-10-14(13)24(16)11-15(25)23-22-12-7-3-1-2-4-8-12/h5-6,9-10H,1-4,7-8,11H2,(H,23,25). The average Bonchev–Trinajstić information content (AvgIpc) is 2.76. The van der Waals surface area contributed by atoms with Gasteiger partial charge in [0.25, 0.3) is 5.91 Å². The Bertz CT molecular complexity index is 785. The Labute approximate surface area is 142 Å². The maximum Gasteiger partial charge on any atom is 0.449 e. The number of alkyl halides is 3. The highest BCUT2D eigenvalue weighted by molar-refractivity contribution is 5.87. The molecule has 1 amide bonds. The topological polar surface area (TPSA) is 59.3 Å². The van der Waals surface area contributed by atoms with E-state index in [-0.39, 0.29) is 11.0 Å². The molecule has 0 unspecified atom stereocenters. The van der Waals surface area contributed by atoms with Gasteiger partial charge in [0.1, 0.15) is 6.54 Å². The summed E-state index contributed by atoms with van der Waals surface area (Å²) in [5, 5.41) is 4.10. The van der Waals surface area contributed by atoms with Crippen molar-refractivity contribution in [2.45, 2.75) is 51.2 Å². The molecule has 0 aliphatic heterocycles. The third-order valence-electron chi connectivity index (χ3n) is 4.23. The molecule has 8 heteroatoms. The molecule has 0 spiro atoms. The molecule has 1 heterocycles. The Morgan fingerprint density at radius 2 is 1.84 bits per heavy atom. The third kappa shape index (κ3) is 4.18. The molecule has 1 aromatic carbocycles. The number of carbonyl (C=O) groups is 1. The van der Waals surface area contributed by atoms with E-state index in [0.29, 0.717) is 0 Å². The van der Waals surface area contributed by atoms with Crippen molar-refractivity contribution in [3.63, 3.8) is 0 Å². The summed E-state index contributed by atoms with van der Waals surface area (Å²) in [6, 6.07) is 6.23. The van der Waals surface area contributed by atoms with E-state index in [1.807, 2.05) is 0 Å². The van der Waals surface area contributed by atoms with Crippen LogP contribution in [0.1, 0.15) is 44.3 Å². The smallest absolute Gasteiger partial charge is 0.311 e. The predicted molar refractivity (Wildman–Crippen MR) is 88.0 cm³/mol. The lowest BCUT2D eigenvalue weighted by Gasteiger charge is -2.11. The Morgan fingerprint density at radius 1 is 1.16 bits per heavy atom. The van der Waals surface area contributed by atoms with E-state index in [1.165, 1.54) is 12.1 Å². The van der Waals surface area contributed by atoms with Gasteiger partial charge in [-0.1, -0.05) is 25.0 Å². The van der Waals surface area contributed by atoms with Crippen molar-refractivity contribution in [1.82, 2.24) is 15.0 Å². The minimum Gasteiger partial charge on any atom is -0.311 e. The first-order valence-corrected chi connectivity index (χ1v) is 8.32. The van der Waals surface area contributed by atoms with E-state index < -0.39 is 24.5 Å². The minimum atomic E-state index is -4.63. The Kier molecular flexibility index (Phi) is 5.06. The number of rotatable bonds is 3. The van der Waals surface area contributed by atoms with Gasteiger partial charge in [-0.05, 0) is 37.8 Å². The zero-order chi connectivity index (χ0) is 17.9. The highest BCUT2D eigenvalue weighted by atomic mass is 19.4. The second kappa shape index (κ2) is 7.25. The van der Waals surface area contributed by atoms with Gasteiger partial charge in [0.05, 0.1) is 11.0 Å². The van der Waals surface area contributed by atoms with Gasteiger partial charge in [0.15, 0.2) is 0 Å².